The van der Waals surface area contributed by atoms with E-state index in [-0.39, 0.29) is 11.9 Å². The molecule has 0 spiro atoms. The Labute approximate surface area is 166 Å². The summed E-state index contributed by atoms with van der Waals surface area (Å²) in [6.07, 6.45) is 0. The predicted molar refractivity (Wildman–Crippen MR) is 110 cm³/mol. The van der Waals surface area contributed by atoms with Gasteiger partial charge in [-0.1, -0.05) is 18.2 Å². The Morgan fingerprint density at radius 3 is 2.39 bits per heavy atom. The van der Waals surface area contributed by atoms with Crippen LogP contribution in [-0.4, -0.2) is 32.2 Å². The number of benzene rings is 2. The van der Waals surface area contributed by atoms with E-state index in [4.69, 9.17) is 9.47 Å². The minimum atomic E-state index is -0.164. The molecule has 2 aromatic carbocycles. The van der Waals surface area contributed by atoms with E-state index in [1.54, 1.807) is 14.2 Å². The molecule has 0 bridgehead atoms. The van der Waals surface area contributed by atoms with Crippen molar-refractivity contribution in [1.29, 1.82) is 0 Å². The highest BCUT2D eigenvalue weighted by molar-refractivity contribution is 5.97. The zero-order valence-corrected chi connectivity index (χ0v) is 17.1. The fourth-order valence-corrected chi connectivity index (χ4v) is 3.82. The molecule has 150 valence electrons. The van der Waals surface area contributed by atoms with Crippen LogP contribution in [0.4, 0.5) is 0 Å². The number of hydrazine groups is 1. The summed E-state index contributed by atoms with van der Waals surface area (Å²) in [7, 11) is 3.23. The lowest BCUT2D eigenvalue weighted by Crippen LogP contribution is -2.30. The zero-order valence-electron chi connectivity index (χ0n) is 17.1. The van der Waals surface area contributed by atoms with E-state index in [1.807, 2.05) is 49.4 Å². The van der Waals surface area contributed by atoms with Gasteiger partial charge in [0.05, 0.1) is 25.8 Å². The van der Waals surface area contributed by atoms with E-state index < -0.39 is 0 Å². The topological polar surface area (TPSA) is 71.6 Å². The lowest BCUT2D eigenvalue weighted by atomic mass is 9.88. The van der Waals surface area contributed by atoms with Gasteiger partial charge in [-0.15, -0.1) is 0 Å². The highest BCUT2D eigenvalue weighted by atomic mass is 16.5. The quantitative estimate of drug-likeness (QED) is 0.715. The molecule has 6 heteroatoms. The third kappa shape index (κ3) is 4.13. The van der Waals surface area contributed by atoms with Crippen molar-refractivity contribution in [3.63, 3.8) is 0 Å². The first kappa shape index (κ1) is 20.2. The van der Waals surface area contributed by atoms with Crippen LogP contribution < -0.4 is 25.6 Å². The molecule has 3 rings (SSSR count). The molecule has 1 heterocycles. The number of amides is 1. The number of hydrogen-bond donors (Lipinski definition) is 3. The minimum Gasteiger partial charge on any atom is -0.497 e. The van der Waals surface area contributed by atoms with E-state index in [9.17, 15) is 4.79 Å². The van der Waals surface area contributed by atoms with Gasteiger partial charge in [0, 0.05) is 18.0 Å². The van der Waals surface area contributed by atoms with Gasteiger partial charge < -0.3 is 14.8 Å². The van der Waals surface area contributed by atoms with Crippen LogP contribution in [0.1, 0.15) is 54.2 Å². The number of carbonyl (C=O) groups excluding carboxylic acids is 1. The summed E-state index contributed by atoms with van der Waals surface area (Å²) in [5, 5.41) is 3.05. The van der Waals surface area contributed by atoms with Gasteiger partial charge >= 0.3 is 0 Å². The van der Waals surface area contributed by atoms with Crippen LogP contribution in [0, 0.1) is 0 Å². The summed E-state index contributed by atoms with van der Waals surface area (Å²) in [4.78, 5) is 12.9. The van der Waals surface area contributed by atoms with E-state index in [2.05, 4.69) is 30.0 Å². The average molecular weight is 383 g/mol. The van der Waals surface area contributed by atoms with Crippen LogP contribution >= 0.6 is 0 Å². The standard InChI is InChI=1S/C22H29N3O3/c1-13(16-7-6-8-18(11-16)27-4)23-22(26)19-10-9-17(12-20(19)28-5)21-14(2)24-25-15(21)3/h6-15,21,24-25H,1-5H3,(H,23,26)/t13-,14?,15?,21?/m1/s1. The minimum absolute atomic E-state index is 0.157. The van der Waals surface area contributed by atoms with Gasteiger partial charge in [0.2, 0.25) is 0 Å². The van der Waals surface area contributed by atoms with Crippen LogP contribution in [0.15, 0.2) is 42.5 Å². The van der Waals surface area contributed by atoms with Crippen molar-refractivity contribution in [3.05, 3.63) is 59.2 Å². The summed E-state index contributed by atoms with van der Waals surface area (Å²) < 4.78 is 10.8. The van der Waals surface area contributed by atoms with Crippen molar-refractivity contribution in [1.82, 2.24) is 16.2 Å². The fourth-order valence-electron chi connectivity index (χ4n) is 3.82. The van der Waals surface area contributed by atoms with Crippen LogP contribution in [0.25, 0.3) is 0 Å². The smallest absolute Gasteiger partial charge is 0.255 e. The van der Waals surface area contributed by atoms with Crippen LogP contribution in [0.5, 0.6) is 11.5 Å². The third-order valence-electron chi connectivity index (χ3n) is 5.41. The molecule has 1 amide bonds. The first-order valence-corrected chi connectivity index (χ1v) is 9.58. The molecule has 1 saturated heterocycles. The van der Waals surface area contributed by atoms with Gasteiger partial charge in [0.15, 0.2) is 0 Å². The van der Waals surface area contributed by atoms with Gasteiger partial charge in [-0.3, -0.25) is 15.6 Å². The molecule has 0 aliphatic carbocycles. The Morgan fingerprint density at radius 2 is 1.75 bits per heavy atom. The Bertz CT molecular complexity index is 830. The number of hydrogen-bond acceptors (Lipinski definition) is 5. The van der Waals surface area contributed by atoms with Gasteiger partial charge in [-0.05, 0) is 56.2 Å². The van der Waals surface area contributed by atoms with Crippen molar-refractivity contribution in [3.8, 4) is 11.5 Å². The molecule has 3 N–H and O–H groups in total. The first-order chi connectivity index (χ1) is 13.4. The number of rotatable bonds is 6. The zero-order chi connectivity index (χ0) is 20.3. The molecule has 3 atom stereocenters. The molecule has 2 unspecified atom stereocenters. The Morgan fingerprint density at radius 1 is 1.04 bits per heavy atom. The number of nitrogens with one attached hydrogen (secondary N) is 3. The molecule has 1 aliphatic heterocycles. The summed E-state index contributed by atoms with van der Waals surface area (Å²) in [6.45, 7) is 6.24. The normalized spacial score (nSPS) is 22.5. The SMILES string of the molecule is COc1cccc([C@@H](C)NC(=O)c2ccc(C3C(C)NNC3C)cc2OC)c1. The fraction of sp³-hybridized carbons (Fsp3) is 0.409. The summed E-state index contributed by atoms with van der Waals surface area (Å²) in [5.41, 5.74) is 9.19. The molecule has 6 nitrogen and oxygen atoms in total. The molecular formula is C22H29N3O3. The van der Waals surface area contributed by atoms with E-state index in [0.717, 1.165) is 16.9 Å². The largest absolute Gasteiger partial charge is 0.497 e. The van der Waals surface area contributed by atoms with Crippen molar-refractivity contribution in [2.75, 3.05) is 14.2 Å². The van der Waals surface area contributed by atoms with Crippen molar-refractivity contribution in [2.45, 2.75) is 44.8 Å². The van der Waals surface area contributed by atoms with E-state index in [0.29, 0.717) is 29.3 Å². The lowest BCUT2D eigenvalue weighted by molar-refractivity contribution is 0.0936. The maximum atomic E-state index is 12.9. The Balaban J connectivity index is 1.79. The highest BCUT2D eigenvalue weighted by Crippen LogP contribution is 2.31. The maximum absolute atomic E-state index is 12.9. The van der Waals surface area contributed by atoms with Crippen LogP contribution in [-0.2, 0) is 0 Å². The average Bonchev–Trinajstić information content (AvgIpc) is 3.05. The van der Waals surface area contributed by atoms with Crippen LogP contribution in [0.2, 0.25) is 0 Å². The molecule has 28 heavy (non-hydrogen) atoms. The monoisotopic (exact) mass is 383 g/mol. The van der Waals surface area contributed by atoms with Crippen molar-refractivity contribution < 1.29 is 14.3 Å². The maximum Gasteiger partial charge on any atom is 0.255 e. The van der Waals surface area contributed by atoms with Crippen LogP contribution in [0.3, 0.4) is 0 Å². The summed E-state index contributed by atoms with van der Waals surface area (Å²) in [6, 6.07) is 14.0. The summed E-state index contributed by atoms with van der Waals surface area (Å²) in [5.74, 6) is 1.49. The van der Waals surface area contributed by atoms with Gasteiger partial charge in [0.1, 0.15) is 11.5 Å². The molecule has 0 saturated carbocycles. The van der Waals surface area contributed by atoms with Gasteiger partial charge in [0.25, 0.3) is 5.91 Å². The molecular weight excluding hydrogens is 354 g/mol. The van der Waals surface area contributed by atoms with Crippen molar-refractivity contribution in [2.24, 2.45) is 0 Å². The number of ether oxygens (including phenoxy) is 2. The molecule has 2 aromatic rings. The van der Waals surface area contributed by atoms with Crippen molar-refractivity contribution >= 4 is 5.91 Å². The molecule has 1 fully saturated rings. The predicted octanol–water partition coefficient (Wildman–Crippen LogP) is 3.16. The highest BCUT2D eigenvalue weighted by Gasteiger charge is 2.31. The Hall–Kier alpha value is -2.57. The third-order valence-corrected chi connectivity index (χ3v) is 5.41. The first-order valence-electron chi connectivity index (χ1n) is 9.58. The van der Waals surface area contributed by atoms with E-state index >= 15 is 0 Å². The van der Waals surface area contributed by atoms with Gasteiger partial charge in [-0.2, -0.15) is 0 Å². The molecule has 0 radical (unpaired) electrons. The second-order valence-electron chi connectivity index (χ2n) is 7.32. The molecule has 0 aromatic heterocycles. The lowest BCUT2D eigenvalue weighted by Gasteiger charge is -2.21. The second-order valence-corrected chi connectivity index (χ2v) is 7.32. The summed E-state index contributed by atoms with van der Waals surface area (Å²) >= 11 is 0. The second kappa shape index (κ2) is 8.63. The number of carbonyl (C=O) groups is 1. The van der Waals surface area contributed by atoms with E-state index in [1.165, 1.54) is 0 Å². The number of methoxy groups -OCH3 is 2. The Kier molecular flexibility index (Phi) is 6.21. The van der Waals surface area contributed by atoms with Gasteiger partial charge in [-0.25, -0.2) is 0 Å². The molecule has 1 aliphatic rings.